The van der Waals surface area contributed by atoms with Crippen molar-refractivity contribution in [3.8, 4) is 0 Å². The first-order chi connectivity index (χ1) is 8.27. The van der Waals surface area contributed by atoms with Crippen molar-refractivity contribution in [1.82, 2.24) is 0 Å². The fourth-order valence-corrected chi connectivity index (χ4v) is 1.06. The lowest BCUT2D eigenvalue weighted by molar-refractivity contribution is -0.150. The molecular weight excluding hydrogens is 263 g/mol. The van der Waals surface area contributed by atoms with Crippen molar-refractivity contribution in [2.45, 2.75) is 19.6 Å². The minimum absolute atomic E-state index is 1.04. The van der Waals surface area contributed by atoms with Gasteiger partial charge in [0.1, 0.15) is 0 Å². The zero-order valence-corrected chi connectivity index (χ0v) is 8.94. The fourth-order valence-electron chi connectivity index (χ4n) is 1.06. The molecule has 0 heterocycles. The van der Waals surface area contributed by atoms with Gasteiger partial charge in [-0.3, -0.25) is 0 Å². The molecule has 8 heteroatoms. The topological polar surface area (TPSA) is 46.5 Å². The molecule has 18 heavy (non-hydrogen) atoms. The summed E-state index contributed by atoms with van der Waals surface area (Å²) in [5, 5.41) is 8.43. The van der Waals surface area contributed by atoms with Crippen LogP contribution >= 0.6 is 0 Å². The van der Waals surface area contributed by atoms with E-state index in [9.17, 15) is 26.7 Å². The molecule has 0 radical (unpaired) electrons. The van der Waals surface area contributed by atoms with E-state index in [4.69, 9.17) is 5.11 Å². The van der Waals surface area contributed by atoms with E-state index >= 15 is 0 Å². The molecule has 3 nitrogen and oxygen atoms in total. The molecule has 0 aromatic heterocycles. The van der Waals surface area contributed by atoms with Crippen molar-refractivity contribution in [2.75, 3.05) is 0 Å². The molecule has 0 spiro atoms. The van der Waals surface area contributed by atoms with Gasteiger partial charge in [-0.2, -0.15) is 0 Å². The minimum Gasteiger partial charge on any atom is -0.479 e. The Kier molecular flexibility index (Phi) is 4.23. The third-order valence-corrected chi connectivity index (χ3v) is 2.13. The molecule has 0 unspecified atom stereocenters. The first-order valence-corrected chi connectivity index (χ1v) is 4.62. The monoisotopic (exact) mass is 270 g/mol. The van der Waals surface area contributed by atoms with Crippen LogP contribution in [0.1, 0.15) is 12.5 Å². The number of hydrogen-bond acceptors (Lipinski definition) is 2. The molecule has 1 rings (SSSR count). The van der Waals surface area contributed by atoms with Gasteiger partial charge in [-0.25, -0.2) is 26.7 Å². The van der Waals surface area contributed by atoms with E-state index < -0.39 is 53.3 Å². The van der Waals surface area contributed by atoms with Crippen LogP contribution in [0, 0.1) is 29.1 Å². The van der Waals surface area contributed by atoms with Gasteiger partial charge >= 0.3 is 5.97 Å². The van der Waals surface area contributed by atoms with Crippen molar-refractivity contribution in [2.24, 2.45) is 0 Å². The maximum atomic E-state index is 13.1. The van der Waals surface area contributed by atoms with E-state index in [-0.39, 0.29) is 0 Å². The highest BCUT2D eigenvalue weighted by molar-refractivity contribution is 5.71. The van der Waals surface area contributed by atoms with Crippen LogP contribution in [0.5, 0.6) is 0 Å². The fraction of sp³-hybridized carbons (Fsp3) is 0.300. The van der Waals surface area contributed by atoms with Gasteiger partial charge in [0.05, 0.1) is 12.2 Å². The summed E-state index contributed by atoms with van der Waals surface area (Å²) in [6, 6.07) is 0. The Morgan fingerprint density at radius 1 is 1.06 bits per heavy atom. The van der Waals surface area contributed by atoms with Crippen LogP contribution in [0.4, 0.5) is 22.0 Å². The molecule has 0 aliphatic rings. The summed E-state index contributed by atoms with van der Waals surface area (Å²) in [6.45, 7) is 0.00757. The summed E-state index contributed by atoms with van der Waals surface area (Å²) >= 11 is 0. The first kappa shape index (κ1) is 14.4. The van der Waals surface area contributed by atoms with E-state index in [0.29, 0.717) is 0 Å². The number of carbonyl (C=O) groups is 1. The second-order valence-corrected chi connectivity index (χ2v) is 3.34. The van der Waals surface area contributed by atoms with Gasteiger partial charge < -0.3 is 9.84 Å². The number of hydrogen-bond donors (Lipinski definition) is 1. The second kappa shape index (κ2) is 5.30. The van der Waals surface area contributed by atoms with E-state index in [0.717, 1.165) is 6.92 Å². The van der Waals surface area contributed by atoms with Crippen LogP contribution in [-0.2, 0) is 16.1 Å². The lowest BCUT2D eigenvalue weighted by Crippen LogP contribution is -2.20. The van der Waals surface area contributed by atoms with Crippen LogP contribution in [0.25, 0.3) is 0 Å². The standard InChI is InChI=1S/C10H7F5O3/c1-3(10(16)17)18-2-4-5(11)7(13)9(15)8(14)6(4)12/h3H,2H2,1H3,(H,16,17)/t3-/m0/s1. The van der Waals surface area contributed by atoms with Crippen LogP contribution in [0.2, 0.25) is 0 Å². The molecule has 0 bridgehead atoms. The second-order valence-electron chi connectivity index (χ2n) is 3.34. The predicted octanol–water partition coefficient (Wildman–Crippen LogP) is 2.37. The van der Waals surface area contributed by atoms with Crippen molar-refractivity contribution >= 4 is 5.97 Å². The summed E-state index contributed by atoms with van der Waals surface area (Å²) in [5.74, 6) is -12.0. The van der Waals surface area contributed by atoms with Crippen molar-refractivity contribution in [1.29, 1.82) is 0 Å². The van der Waals surface area contributed by atoms with E-state index in [1.807, 2.05) is 0 Å². The molecule has 1 aromatic rings. The minimum atomic E-state index is -2.28. The van der Waals surface area contributed by atoms with E-state index in [2.05, 4.69) is 4.74 Å². The Balaban J connectivity index is 3.07. The molecular formula is C10H7F5O3. The lowest BCUT2D eigenvalue weighted by atomic mass is 10.2. The number of carboxylic acids is 1. The first-order valence-electron chi connectivity index (χ1n) is 4.62. The van der Waals surface area contributed by atoms with Crippen LogP contribution < -0.4 is 0 Å². The third kappa shape index (κ3) is 2.58. The van der Waals surface area contributed by atoms with E-state index in [1.165, 1.54) is 0 Å². The maximum absolute atomic E-state index is 13.1. The molecule has 1 N–H and O–H groups in total. The van der Waals surface area contributed by atoms with Crippen molar-refractivity contribution in [3.05, 3.63) is 34.6 Å². The van der Waals surface area contributed by atoms with Crippen LogP contribution in [0.3, 0.4) is 0 Å². The largest absolute Gasteiger partial charge is 0.479 e. The number of ether oxygens (including phenoxy) is 1. The number of benzene rings is 1. The molecule has 0 saturated carbocycles. The normalized spacial score (nSPS) is 12.6. The molecule has 100 valence electrons. The summed E-state index contributed by atoms with van der Waals surface area (Å²) in [5.41, 5.74) is -1.21. The zero-order valence-electron chi connectivity index (χ0n) is 8.94. The summed E-state index contributed by atoms with van der Waals surface area (Å²) < 4.78 is 68.8. The van der Waals surface area contributed by atoms with Gasteiger partial charge in [0.25, 0.3) is 0 Å². The molecule has 1 aromatic carbocycles. The van der Waals surface area contributed by atoms with Gasteiger partial charge in [0.15, 0.2) is 29.4 Å². The average molecular weight is 270 g/mol. The van der Waals surface area contributed by atoms with Crippen molar-refractivity contribution in [3.63, 3.8) is 0 Å². The predicted molar refractivity (Wildman–Crippen MR) is 48.1 cm³/mol. The highest BCUT2D eigenvalue weighted by Crippen LogP contribution is 2.23. The Morgan fingerprint density at radius 3 is 1.83 bits per heavy atom. The quantitative estimate of drug-likeness (QED) is 0.519. The Bertz CT molecular complexity index is 460. The van der Waals surface area contributed by atoms with Gasteiger partial charge in [0, 0.05) is 0 Å². The molecule has 0 saturated heterocycles. The number of rotatable bonds is 4. The number of carboxylic acid groups (broad SMARTS) is 1. The molecule has 0 aliphatic heterocycles. The maximum Gasteiger partial charge on any atom is 0.332 e. The summed E-state index contributed by atoms with van der Waals surface area (Å²) in [6.07, 6.45) is -1.44. The smallest absolute Gasteiger partial charge is 0.332 e. The van der Waals surface area contributed by atoms with Gasteiger partial charge in [0.2, 0.25) is 5.82 Å². The highest BCUT2D eigenvalue weighted by Gasteiger charge is 2.26. The molecule has 0 amide bonds. The van der Waals surface area contributed by atoms with Crippen molar-refractivity contribution < 1.29 is 36.6 Å². The Hall–Kier alpha value is -1.70. The van der Waals surface area contributed by atoms with Gasteiger partial charge in [-0.05, 0) is 6.92 Å². The Morgan fingerprint density at radius 2 is 1.44 bits per heavy atom. The number of aliphatic carboxylic acids is 1. The average Bonchev–Trinajstić information content (AvgIpc) is 2.33. The molecule has 0 aliphatic carbocycles. The van der Waals surface area contributed by atoms with Gasteiger partial charge in [-0.15, -0.1) is 0 Å². The number of halogens is 5. The highest BCUT2D eigenvalue weighted by atomic mass is 19.2. The molecule has 1 atom stereocenters. The lowest BCUT2D eigenvalue weighted by Gasteiger charge is -2.11. The Labute approximate surface area is 97.8 Å². The van der Waals surface area contributed by atoms with Crippen LogP contribution in [-0.4, -0.2) is 17.2 Å². The SMILES string of the molecule is C[C@H](OCc1c(F)c(F)c(F)c(F)c1F)C(=O)O. The van der Waals surface area contributed by atoms with E-state index in [1.54, 1.807) is 0 Å². The molecule has 0 fully saturated rings. The third-order valence-electron chi connectivity index (χ3n) is 2.13. The van der Waals surface area contributed by atoms with Gasteiger partial charge in [-0.1, -0.05) is 0 Å². The summed E-state index contributed by atoms with van der Waals surface area (Å²) in [7, 11) is 0. The summed E-state index contributed by atoms with van der Waals surface area (Å²) in [4.78, 5) is 10.4. The zero-order chi connectivity index (χ0) is 14.0. The van der Waals surface area contributed by atoms with Crippen LogP contribution in [0.15, 0.2) is 0 Å².